The number of carbonyl (C=O) groups excluding carboxylic acids is 2. The van der Waals surface area contributed by atoms with Gasteiger partial charge in [0.15, 0.2) is 0 Å². The summed E-state index contributed by atoms with van der Waals surface area (Å²) in [6.07, 6.45) is 4.13. The minimum atomic E-state index is -0.846. The van der Waals surface area contributed by atoms with Crippen LogP contribution in [0, 0.1) is 18.3 Å². The molecule has 0 saturated carbocycles. The van der Waals surface area contributed by atoms with Crippen molar-refractivity contribution >= 4 is 46.4 Å². The van der Waals surface area contributed by atoms with Crippen molar-refractivity contribution in [2.24, 2.45) is 5.73 Å². The van der Waals surface area contributed by atoms with Crippen LogP contribution in [0.15, 0.2) is 59.2 Å². The lowest BCUT2D eigenvalue weighted by Crippen LogP contribution is -2.40. The number of ether oxygens (including phenoxy) is 1. The smallest absolute Gasteiger partial charge is 0.332 e. The van der Waals surface area contributed by atoms with Crippen LogP contribution in [0.1, 0.15) is 17.0 Å². The molecule has 4 rings (SSSR count). The molecule has 0 saturated heterocycles. The van der Waals surface area contributed by atoms with Crippen LogP contribution in [0.3, 0.4) is 0 Å². The molecule has 0 radical (unpaired) electrons. The van der Waals surface area contributed by atoms with Crippen molar-refractivity contribution in [2.45, 2.75) is 12.8 Å². The minimum Gasteiger partial charge on any atom is -0.466 e. The van der Waals surface area contributed by atoms with Gasteiger partial charge in [-0.15, -0.1) is 11.3 Å². The molecule has 10 heteroatoms. The van der Waals surface area contributed by atoms with Crippen LogP contribution in [0.2, 0.25) is 0 Å². The van der Waals surface area contributed by atoms with Gasteiger partial charge in [-0.1, -0.05) is 12.1 Å². The molecule has 1 aromatic carbocycles. The number of aryl methyl sites for hydroxylation is 1. The van der Waals surface area contributed by atoms with Crippen LogP contribution >= 0.6 is 11.3 Å². The number of allylic oxidation sites excluding steroid dienone is 1. The van der Waals surface area contributed by atoms with Gasteiger partial charge in [-0.05, 0) is 42.3 Å². The number of nitrogens with two attached hydrogens (primary N) is 1. The molecule has 3 aromatic rings. The maximum absolute atomic E-state index is 13.6. The molecule has 0 spiro atoms. The molecule has 0 fully saturated rings. The van der Waals surface area contributed by atoms with Gasteiger partial charge in [0, 0.05) is 24.2 Å². The Morgan fingerprint density at radius 1 is 1.29 bits per heavy atom. The lowest BCUT2D eigenvalue weighted by Gasteiger charge is -2.25. The molecular formula is C24H19N5O4S. The van der Waals surface area contributed by atoms with E-state index in [9.17, 15) is 19.6 Å². The Labute approximate surface area is 197 Å². The van der Waals surface area contributed by atoms with Crippen molar-refractivity contribution in [3.8, 4) is 6.07 Å². The first-order chi connectivity index (χ1) is 16.3. The van der Waals surface area contributed by atoms with E-state index in [0.29, 0.717) is 11.3 Å². The molecule has 1 unspecified atom stereocenters. The number of carbonyl (C=O) groups is 2. The first-order valence-corrected chi connectivity index (χ1v) is 10.9. The lowest BCUT2D eigenvalue weighted by molar-refractivity contribution is -0.133. The molecule has 1 atom stereocenters. The van der Waals surface area contributed by atoms with Crippen LogP contribution in [0.5, 0.6) is 0 Å². The summed E-state index contributed by atoms with van der Waals surface area (Å²) in [5.41, 5.74) is 7.96. The topological polar surface area (TPSA) is 140 Å². The molecule has 2 aromatic heterocycles. The molecule has 1 aliphatic heterocycles. The summed E-state index contributed by atoms with van der Waals surface area (Å²) in [5, 5.41) is 12.8. The summed E-state index contributed by atoms with van der Waals surface area (Å²) >= 11 is 0.927. The van der Waals surface area contributed by atoms with Crippen LogP contribution in [0.25, 0.3) is 17.5 Å². The van der Waals surface area contributed by atoms with Crippen molar-refractivity contribution in [1.29, 1.82) is 5.26 Å². The van der Waals surface area contributed by atoms with Crippen molar-refractivity contribution < 1.29 is 14.3 Å². The number of anilines is 1. The Hall–Kier alpha value is -4.49. The van der Waals surface area contributed by atoms with Crippen molar-refractivity contribution in [2.75, 3.05) is 12.4 Å². The Morgan fingerprint density at radius 3 is 2.68 bits per heavy atom. The number of esters is 1. The maximum atomic E-state index is 13.6. The molecule has 0 aliphatic carbocycles. The van der Waals surface area contributed by atoms with Crippen LogP contribution in [-0.4, -0.2) is 28.5 Å². The number of rotatable bonds is 4. The van der Waals surface area contributed by atoms with E-state index < -0.39 is 23.4 Å². The molecule has 3 N–H and O–H groups in total. The standard InChI is InChI=1S/C24H19N5O4S/c1-13-4-3-5-15(10-13)28-22(31)20-19(14-6-8-27-9-7-14)16(12-25)21(26)29-23(32)17(34-24(20)29)11-18(30)33-2/h3-11,19H,26H2,1-2H3,(H,28,31)/b17-11-. The number of nitriles is 1. The van der Waals surface area contributed by atoms with E-state index in [1.165, 1.54) is 7.11 Å². The fourth-order valence-electron chi connectivity index (χ4n) is 3.74. The van der Waals surface area contributed by atoms with Gasteiger partial charge in [0.05, 0.1) is 30.2 Å². The summed E-state index contributed by atoms with van der Waals surface area (Å²) in [7, 11) is 1.19. The van der Waals surface area contributed by atoms with E-state index in [0.717, 1.165) is 27.5 Å². The summed E-state index contributed by atoms with van der Waals surface area (Å²) in [6, 6.07) is 12.7. The average molecular weight is 474 g/mol. The van der Waals surface area contributed by atoms with Gasteiger partial charge in [0.25, 0.3) is 11.5 Å². The highest BCUT2D eigenvalue weighted by atomic mass is 32.1. The predicted octanol–water partition coefficient (Wildman–Crippen LogP) is 0.804. The highest BCUT2D eigenvalue weighted by Crippen LogP contribution is 2.36. The lowest BCUT2D eigenvalue weighted by atomic mass is 9.84. The van der Waals surface area contributed by atoms with Gasteiger partial charge < -0.3 is 15.8 Å². The quantitative estimate of drug-likeness (QED) is 0.534. The highest BCUT2D eigenvalue weighted by Gasteiger charge is 2.35. The highest BCUT2D eigenvalue weighted by molar-refractivity contribution is 7.07. The number of thiazole rings is 1. The number of fused-ring (bicyclic) bond motifs is 1. The largest absolute Gasteiger partial charge is 0.466 e. The Bertz CT molecular complexity index is 1560. The van der Waals surface area contributed by atoms with Crippen molar-refractivity contribution in [3.05, 3.63) is 85.0 Å². The summed E-state index contributed by atoms with van der Waals surface area (Å²) in [6.45, 7) is 1.90. The molecule has 0 bridgehead atoms. The van der Waals surface area contributed by atoms with E-state index in [1.54, 1.807) is 42.7 Å². The zero-order valence-corrected chi connectivity index (χ0v) is 19.1. The Balaban J connectivity index is 2.05. The second-order valence-corrected chi connectivity index (χ2v) is 8.47. The van der Waals surface area contributed by atoms with Gasteiger partial charge in [-0.3, -0.25) is 19.1 Å². The van der Waals surface area contributed by atoms with Gasteiger partial charge in [-0.2, -0.15) is 5.26 Å². The summed E-state index contributed by atoms with van der Waals surface area (Å²) < 4.78 is 5.99. The number of benzene rings is 1. The molecule has 34 heavy (non-hydrogen) atoms. The van der Waals surface area contributed by atoms with Crippen LogP contribution in [0.4, 0.5) is 5.69 Å². The van der Waals surface area contributed by atoms with Gasteiger partial charge in [0.2, 0.25) is 0 Å². The number of aromatic nitrogens is 2. The van der Waals surface area contributed by atoms with Crippen LogP contribution in [-0.2, 0) is 14.3 Å². The number of nitrogens with zero attached hydrogens (tertiary/aromatic N) is 3. The monoisotopic (exact) mass is 473 g/mol. The van der Waals surface area contributed by atoms with E-state index >= 15 is 0 Å². The number of hydrogen-bond donors (Lipinski definition) is 2. The minimum absolute atomic E-state index is 0.0262. The van der Waals surface area contributed by atoms with E-state index in [1.807, 2.05) is 13.0 Å². The van der Waals surface area contributed by atoms with Gasteiger partial charge in [-0.25, -0.2) is 4.79 Å². The fraction of sp³-hybridized carbons (Fsp3) is 0.125. The maximum Gasteiger partial charge on any atom is 0.332 e. The number of nitrogens with one attached hydrogen (secondary N) is 1. The Kier molecular flexibility index (Phi) is 6.12. The zero-order chi connectivity index (χ0) is 24.4. The third kappa shape index (κ3) is 4.00. The van der Waals surface area contributed by atoms with Crippen molar-refractivity contribution in [3.63, 3.8) is 0 Å². The van der Waals surface area contributed by atoms with E-state index in [-0.39, 0.29) is 26.2 Å². The molecule has 170 valence electrons. The zero-order valence-electron chi connectivity index (χ0n) is 18.2. The SMILES string of the molecule is COC(=O)/C=c1\sc2n(c1=O)C(N)=C(C#N)C(c1ccncc1)C=2C(=O)Nc1cccc(C)c1. The summed E-state index contributed by atoms with van der Waals surface area (Å²) in [5.74, 6) is -2.18. The Morgan fingerprint density at radius 2 is 2.03 bits per heavy atom. The van der Waals surface area contributed by atoms with Gasteiger partial charge >= 0.3 is 5.97 Å². The summed E-state index contributed by atoms with van der Waals surface area (Å²) in [4.78, 5) is 42.6. The molecule has 3 heterocycles. The predicted molar refractivity (Wildman–Crippen MR) is 128 cm³/mol. The number of pyridine rings is 1. The second-order valence-electron chi connectivity index (χ2n) is 7.44. The van der Waals surface area contributed by atoms with Crippen LogP contribution < -0.4 is 25.8 Å². The number of amides is 1. The second kappa shape index (κ2) is 9.17. The van der Waals surface area contributed by atoms with Crippen molar-refractivity contribution in [1.82, 2.24) is 9.55 Å². The number of hydrogen-bond acceptors (Lipinski definition) is 8. The molecule has 9 nitrogen and oxygen atoms in total. The number of methoxy groups -OCH3 is 1. The van der Waals surface area contributed by atoms with E-state index in [4.69, 9.17) is 5.73 Å². The molecular weight excluding hydrogens is 454 g/mol. The first-order valence-electron chi connectivity index (χ1n) is 10.1. The average Bonchev–Trinajstić information content (AvgIpc) is 3.15. The molecule has 1 amide bonds. The van der Waals surface area contributed by atoms with Gasteiger partial charge in [0.1, 0.15) is 15.0 Å². The third-order valence-corrected chi connectivity index (χ3v) is 6.39. The fourth-order valence-corrected chi connectivity index (χ4v) is 4.88. The van der Waals surface area contributed by atoms with E-state index in [2.05, 4.69) is 21.1 Å². The molecule has 1 aliphatic rings. The first kappa shape index (κ1) is 22.7. The normalized spacial score (nSPS) is 15.5. The third-order valence-electron chi connectivity index (χ3n) is 5.28.